The second kappa shape index (κ2) is 10.7. The first-order valence-corrected chi connectivity index (χ1v) is 15.4. The molecule has 3 aromatic carbocycles. The lowest BCUT2D eigenvalue weighted by Gasteiger charge is -2.38. The lowest BCUT2D eigenvalue weighted by atomic mass is 9.78. The molecule has 4 heterocycles. The van der Waals surface area contributed by atoms with Crippen LogP contribution < -0.4 is 4.90 Å². The molecule has 2 saturated heterocycles. The van der Waals surface area contributed by atoms with Crippen molar-refractivity contribution in [2.24, 2.45) is 11.8 Å². The Bertz CT molecular complexity index is 1610. The van der Waals surface area contributed by atoms with Gasteiger partial charge >= 0.3 is 5.97 Å². The highest BCUT2D eigenvalue weighted by Crippen LogP contribution is 2.61. The summed E-state index contributed by atoms with van der Waals surface area (Å²) in [6.07, 6.45) is 8.97. The first-order valence-electron chi connectivity index (χ1n) is 14.5. The molecule has 0 radical (unpaired) electrons. The average Bonchev–Trinajstić information content (AvgIpc) is 3.39. The summed E-state index contributed by atoms with van der Waals surface area (Å²) in [5.41, 5.74) is 1.70. The molecule has 7 nitrogen and oxygen atoms in total. The van der Waals surface area contributed by atoms with Crippen LogP contribution in [0.3, 0.4) is 0 Å². The Morgan fingerprint density at radius 3 is 2.55 bits per heavy atom. The first-order chi connectivity index (χ1) is 20.5. The number of benzene rings is 3. The molecule has 2 fully saturated rings. The molecule has 2 amide bonds. The average molecular weight is 581 g/mol. The standard InChI is InChI=1S/C34H32N2O5S/c37-21-26(19-22-9-2-1-3-10-22)36-30-32(39)35(25-15-14-23-11-4-5-12-24(23)20-25)17-8-16-34(30)29(31(36)38)28-27(42-34)13-6-7-18-41-33(28)40/h1-6,8-16,20,26-30,37H,7,17-19,21H2/t26-,27+,28-,29+,30?,34+/m1/s1. The van der Waals surface area contributed by atoms with E-state index in [-0.39, 0.29) is 30.3 Å². The van der Waals surface area contributed by atoms with Crippen molar-refractivity contribution >= 4 is 46.0 Å². The highest BCUT2D eigenvalue weighted by Gasteiger charge is 2.71. The molecule has 42 heavy (non-hydrogen) atoms. The molecule has 4 aliphatic heterocycles. The third-order valence-electron chi connectivity index (χ3n) is 9.02. The number of fused-ring (bicyclic) bond motifs is 3. The number of anilines is 1. The van der Waals surface area contributed by atoms with Crippen molar-refractivity contribution in [1.29, 1.82) is 0 Å². The minimum atomic E-state index is -0.979. The molecule has 1 spiro atoms. The number of hydrogen-bond donors (Lipinski definition) is 1. The van der Waals surface area contributed by atoms with Gasteiger partial charge < -0.3 is 19.6 Å². The monoisotopic (exact) mass is 580 g/mol. The molecule has 7 rings (SSSR count). The van der Waals surface area contributed by atoms with Crippen LogP contribution in [0.25, 0.3) is 10.8 Å². The molecule has 0 bridgehead atoms. The van der Waals surface area contributed by atoms with Gasteiger partial charge in [0.25, 0.3) is 5.91 Å². The molecule has 6 atom stereocenters. The van der Waals surface area contributed by atoms with E-state index in [0.717, 1.165) is 22.0 Å². The van der Waals surface area contributed by atoms with E-state index in [4.69, 9.17) is 4.74 Å². The molecule has 4 aliphatic rings. The summed E-state index contributed by atoms with van der Waals surface area (Å²) < 4.78 is 4.61. The maximum Gasteiger partial charge on any atom is 0.311 e. The van der Waals surface area contributed by atoms with Gasteiger partial charge in [-0.05, 0) is 41.3 Å². The van der Waals surface area contributed by atoms with Crippen LogP contribution in [-0.2, 0) is 25.5 Å². The van der Waals surface area contributed by atoms with Crippen molar-refractivity contribution in [1.82, 2.24) is 4.90 Å². The number of rotatable bonds is 5. The lowest BCUT2D eigenvalue weighted by Crippen LogP contribution is -2.57. The third kappa shape index (κ3) is 4.27. The fraction of sp³-hybridized carbons (Fsp3) is 0.324. The van der Waals surface area contributed by atoms with Gasteiger partial charge in [-0.3, -0.25) is 14.4 Å². The summed E-state index contributed by atoms with van der Waals surface area (Å²) in [6.45, 7) is 0.293. The van der Waals surface area contributed by atoms with E-state index in [0.29, 0.717) is 19.4 Å². The van der Waals surface area contributed by atoms with Crippen LogP contribution in [0.2, 0.25) is 0 Å². The van der Waals surface area contributed by atoms with Crippen LogP contribution in [-0.4, -0.2) is 69.6 Å². The summed E-state index contributed by atoms with van der Waals surface area (Å²) in [7, 11) is 0. The van der Waals surface area contributed by atoms with Gasteiger partial charge in [0.15, 0.2) is 0 Å². The number of likely N-dealkylation sites (tertiary alicyclic amines) is 1. The summed E-state index contributed by atoms with van der Waals surface area (Å²) in [5, 5.41) is 12.5. The van der Waals surface area contributed by atoms with Gasteiger partial charge in [0.2, 0.25) is 5.91 Å². The molecular formula is C34H32N2O5S. The number of cyclic esters (lactones) is 1. The van der Waals surface area contributed by atoms with Crippen LogP contribution >= 0.6 is 11.8 Å². The number of carbonyl (C=O) groups excluding carboxylic acids is 3. The highest BCUT2D eigenvalue weighted by molar-refractivity contribution is 8.02. The topological polar surface area (TPSA) is 87.2 Å². The van der Waals surface area contributed by atoms with Gasteiger partial charge in [-0.25, -0.2) is 0 Å². The summed E-state index contributed by atoms with van der Waals surface area (Å²) >= 11 is 1.52. The van der Waals surface area contributed by atoms with E-state index in [1.165, 1.54) is 11.8 Å². The number of ether oxygens (including phenoxy) is 1. The lowest BCUT2D eigenvalue weighted by molar-refractivity contribution is -0.153. The summed E-state index contributed by atoms with van der Waals surface area (Å²) in [6, 6.07) is 22.1. The normalized spacial score (nSPS) is 29.4. The van der Waals surface area contributed by atoms with Gasteiger partial charge in [0.1, 0.15) is 6.04 Å². The second-order valence-electron chi connectivity index (χ2n) is 11.4. The predicted molar refractivity (Wildman–Crippen MR) is 163 cm³/mol. The van der Waals surface area contributed by atoms with Gasteiger partial charge in [-0.15, -0.1) is 11.8 Å². The van der Waals surface area contributed by atoms with Crippen LogP contribution in [0, 0.1) is 11.8 Å². The van der Waals surface area contributed by atoms with Crippen molar-refractivity contribution in [3.63, 3.8) is 0 Å². The Labute approximate surface area is 248 Å². The Hall–Kier alpha value is -3.88. The zero-order valence-electron chi connectivity index (χ0n) is 23.0. The van der Waals surface area contributed by atoms with Crippen molar-refractivity contribution in [2.75, 3.05) is 24.7 Å². The SMILES string of the molecule is O=C1OCCC=C[C@@H]2S[C@]34C=CCN(c5ccc6ccccc6c5)C(=O)C3N([C@@H](CO)Cc3ccccc3)C(=O)[C@@H]4[C@H]12. The molecule has 0 aromatic heterocycles. The van der Waals surface area contributed by atoms with Crippen LogP contribution in [0.4, 0.5) is 5.69 Å². The summed E-state index contributed by atoms with van der Waals surface area (Å²) in [5.74, 6) is -2.38. The maximum absolute atomic E-state index is 14.8. The zero-order chi connectivity index (χ0) is 28.8. The van der Waals surface area contributed by atoms with E-state index in [1.807, 2.05) is 97.1 Å². The number of amides is 2. The zero-order valence-corrected chi connectivity index (χ0v) is 23.9. The van der Waals surface area contributed by atoms with Crippen molar-refractivity contribution < 1.29 is 24.2 Å². The van der Waals surface area contributed by atoms with Crippen LogP contribution in [0.1, 0.15) is 12.0 Å². The number of aliphatic hydroxyl groups excluding tert-OH is 1. The van der Waals surface area contributed by atoms with Gasteiger partial charge in [0, 0.05) is 17.5 Å². The Kier molecular flexibility index (Phi) is 6.91. The first kappa shape index (κ1) is 27.0. The van der Waals surface area contributed by atoms with Gasteiger partial charge in [0.05, 0.1) is 35.8 Å². The molecule has 214 valence electrons. The van der Waals surface area contributed by atoms with E-state index < -0.39 is 34.6 Å². The minimum Gasteiger partial charge on any atom is -0.465 e. The van der Waals surface area contributed by atoms with E-state index >= 15 is 0 Å². The number of thioether (sulfide) groups is 1. The van der Waals surface area contributed by atoms with Gasteiger partial charge in [-0.2, -0.15) is 0 Å². The Morgan fingerprint density at radius 2 is 1.74 bits per heavy atom. The number of aliphatic hydroxyl groups is 1. The molecular weight excluding hydrogens is 548 g/mol. The molecule has 0 saturated carbocycles. The fourth-order valence-electron chi connectivity index (χ4n) is 7.15. The number of esters is 1. The number of carbonyl (C=O) groups is 3. The quantitative estimate of drug-likeness (QED) is 0.361. The van der Waals surface area contributed by atoms with Crippen molar-refractivity contribution in [3.05, 3.63) is 103 Å². The Morgan fingerprint density at radius 1 is 0.952 bits per heavy atom. The smallest absolute Gasteiger partial charge is 0.311 e. The fourth-order valence-corrected chi connectivity index (χ4v) is 9.14. The molecule has 3 aromatic rings. The summed E-state index contributed by atoms with van der Waals surface area (Å²) in [4.78, 5) is 46.1. The molecule has 1 N–H and O–H groups in total. The van der Waals surface area contributed by atoms with E-state index in [9.17, 15) is 19.5 Å². The molecule has 1 unspecified atom stereocenters. The van der Waals surface area contributed by atoms with Crippen LogP contribution in [0.15, 0.2) is 97.1 Å². The predicted octanol–water partition coefficient (Wildman–Crippen LogP) is 4.15. The largest absolute Gasteiger partial charge is 0.465 e. The number of hydrogen-bond acceptors (Lipinski definition) is 6. The third-order valence-corrected chi connectivity index (χ3v) is 10.8. The molecule has 8 heteroatoms. The highest BCUT2D eigenvalue weighted by atomic mass is 32.2. The van der Waals surface area contributed by atoms with E-state index in [2.05, 4.69) is 0 Å². The maximum atomic E-state index is 14.8. The van der Waals surface area contributed by atoms with Crippen molar-refractivity contribution in [3.8, 4) is 0 Å². The minimum absolute atomic E-state index is 0.211. The van der Waals surface area contributed by atoms with Gasteiger partial charge in [-0.1, -0.05) is 85.0 Å². The molecule has 0 aliphatic carbocycles. The van der Waals surface area contributed by atoms with Crippen LogP contribution in [0.5, 0.6) is 0 Å². The Balaban J connectivity index is 1.35. The van der Waals surface area contributed by atoms with Crippen molar-refractivity contribution in [2.45, 2.75) is 34.9 Å². The second-order valence-corrected chi connectivity index (χ2v) is 12.9. The van der Waals surface area contributed by atoms with E-state index in [1.54, 1.807) is 9.80 Å². The number of nitrogens with zero attached hydrogens (tertiary/aromatic N) is 2.